The molecule has 0 saturated carbocycles. The van der Waals surface area contributed by atoms with E-state index in [0.717, 1.165) is 5.69 Å². The van der Waals surface area contributed by atoms with E-state index in [-0.39, 0.29) is 16.9 Å². The highest BCUT2D eigenvalue weighted by Crippen LogP contribution is 2.38. The molecule has 3 rings (SSSR count). The summed E-state index contributed by atoms with van der Waals surface area (Å²) in [6.45, 7) is 1.81. The Morgan fingerprint density at radius 1 is 1.09 bits per heavy atom. The minimum absolute atomic E-state index is 0.00786. The molecule has 0 aliphatic rings. The van der Waals surface area contributed by atoms with Gasteiger partial charge in [-0.15, -0.1) is 0 Å². The monoisotopic (exact) mass is 372 g/mol. The van der Waals surface area contributed by atoms with Crippen LogP contribution < -0.4 is 10.9 Å². The molecule has 0 radical (unpaired) electrons. The standard InChI is InChI=1S/C18H17BrN2O2/c1-18(19,20-12-8-4-3-5-9-12)15-16(22)13-10-6-7-11-14(13)21(2)17(15)23/h3-11,20,22H,1-2H3. The summed E-state index contributed by atoms with van der Waals surface area (Å²) in [5, 5.41) is 14.6. The number of halogens is 1. The summed E-state index contributed by atoms with van der Waals surface area (Å²) in [7, 11) is 1.71. The summed E-state index contributed by atoms with van der Waals surface area (Å²) >= 11 is 3.56. The molecule has 0 aliphatic carbocycles. The number of alkyl halides is 1. The van der Waals surface area contributed by atoms with Gasteiger partial charge in [-0.05, 0) is 31.2 Å². The minimum Gasteiger partial charge on any atom is -0.507 e. The topological polar surface area (TPSA) is 54.3 Å². The molecule has 1 atom stereocenters. The van der Waals surface area contributed by atoms with Crippen LogP contribution in [0.15, 0.2) is 59.4 Å². The smallest absolute Gasteiger partial charge is 0.261 e. The predicted molar refractivity (Wildman–Crippen MR) is 97.2 cm³/mol. The minimum atomic E-state index is -0.905. The zero-order valence-corrected chi connectivity index (χ0v) is 14.5. The van der Waals surface area contributed by atoms with Crippen molar-refractivity contribution in [2.45, 2.75) is 11.4 Å². The molecule has 1 aromatic heterocycles. The van der Waals surface area contributed by atoms with Crippen molar-refractivity contribution in [2.24, 2.45) is 7.05 Å². The van der Waals surface area contributed by atoms with Gasteiger partial charge in [0.15, 0.2) is 0 Å². The van der Waals surface area contributed by atoms with E-state index >= 15 is 0 Å². The summed E-state index contributed by atoms with van der Waals surface area (Å²) in [4.78, 5) is 12.8. The van der Waals surface area contributed by atoms with Gasteiger partial charge in [-0.2, -0.15) is 0 Å². The van der Waals surface area contributed by atoms with Crippen molar-refractivity contribution in [3.63, 3.8) is 0 Å². The summed E-state index contributed by atoms with van der Waals surface area (Å²) in [6, 6.07) is 16.8. The maximum Gasteiger partial charge on any atom is 0.261 e. The molecule has 3 aromatic rings. The van der Waals surface area contributed by atoms with Crippen LogP contribution in [0.25, 0.3) is 10.9 Å². The van der Waals surface area contributed by atoms with E-state index in [2.05, 4.69) is 21.2 Å². The largest absolute Gasteiger partial charge is 0.507 e. The van der Waals surface area contributed by atoms with Crippen LogP contribution >= 0.6 is 15.9 Å². The van der Waals surface area contributed by atoms with Gasteiger partial charge >= 0.3 is 0 Å². The fourth-order valence-corrected chi connectivity index (χ4v) is 3.34. The van der Waals surface area contributed by atoms with Gasteiger partial charge in [0.2, 0.25) is 0 Å². The molecule has 4 nitrogen and oxygen atoms in total. The first-order chi connectivity index (χ1) is 10.9. The first-order valence-electron chi connectivity index (χ1n) is 7.25. The molecule has 0 spiro atoms. The maximum atomic E-state index is 12.8. The van der Waals surface area contributed by atoms with Crippen LogP contribution in [-0.2, 0) is 11.5 Å². The van der Waals surface area contributed by atoms with E-state index in [1.165, 1.54) is 0 Å². The van der Waals surface area contributed by atoms with Crippen molar-refractivity contribution in [1.82, 2.24) is 4.57 Å². The number of rotatable bonds is 3. The number of para-hydroxylation sites is 2. The summed E-state index contributed by atoms with van der Waals surface area (Å²) in [5.41, 5.74) is 1.58. The Morgan fingerprint density at radius 3 is 2.39 bits per heavy atom. The number of aromatic nitrogens is 1. The number of hydrogen-bond donors (Lipinski definition) is 2. The van der Waals surface area contributed by atoms with Crippen LogP contribution in [0.1, 0.15) is 12.5 Å². The quantitative estimate of drug-likeness (QED) is 0.541. The zero-order valence-electron chi connectivity index (χ0n) is 12.9. The molecule has 118 valence electrons. The van der Waals surface area contributed by atoms with Crippen LogP contribution in [0.3, 0.4) is 0 Å². The van der Waals surface area contributed by atoms with Crippen LogP contribution in [0.2, 0.25) is 0 Å². The molecule has 0 fully saturated rings. The molecule has 0 saturated heterocycles. The lowest BCUT2D eigenvalue weighted by Gasteiger charge is -2.27. The van der Waals surface area contributed by atoms with Crippen LogP contribution in [0, 0.1) is 0 Å². The average Bonchev–Trinajstić information content (AvgIpc) is 2.53. The van der Waals surface area contributed by atoms with Gasteiger partial charge in [0.1, 0.15) is 10.2 Å². The van der Waals surface area contributed by atoms with Crippen molar-refractivity contribution in [2.75, 3.05) is 5.32 Å². The fraction of sp³-hybridized carbons (Fsp3) is 0.167. The molecular formula is C18H17BrN2O2. The van der Waals surface area contributed by atoms with Crippen LogP contribution in [0.4, 0.5) is 5.69 Å². The number of nitrogens with zero attached hydrogens (tertiary/aromatic N) is 1. The SMILES string of the molecule is Cn1c(=O)c(C(C)(Br)Nc2ccccc2)c(O)c2ccccc21. The Morgan fingerprint density at radius 2 is 1.70 bits per heavy atom. The van der Waals surface area contributed by atoms with Crippen molar-refractivity contribution in [3.8, 4) is 5.75 Å². The summed E-state index contributed by atoms with van der Waals surface area (Å²) in [5.74, 6) is -0.00786. The molecule has 2 N–H and O–H groups in total. The van der Waals surface area contributed by atoms with Gasteiger partial charge in [-0.25, -0.2) is 0 Å². The Bertz CT molecular complexity index is 917. The van der Waals surface area contributed by atoms with Crippen molar-refractivity contribution >= 4 is 32.5 Å². The third-order valence-electron chi connectivity index (χ3n) is 3.90. The highest BCUT2D eigenvalue weighted by atomic mass is 79.9. The summed E-state index contributed by atoms with van der Waals surface area (Å²) in [6.07, 6.45) is 0. The number of hydrogen-bond acceptors (Lipinski definition) is 3. The molecule has 1 heterocycles. The average molecular weight is 373 g/mol. The van der Waals surface area contributed by atoms with Gasteiger partial charge in [0.05, 0.1) is 11.1 Å². The molecular weight excluding hydrogens is 356 g/mol. The Hall–Kier alpha value is -2.27. The number of pyridine rings is 1. The number of aromatic hydroxyl groups is 1. The fourth-order valence-electron chi connectivity index (χ4n) is 2.76. The zero-order chi connectivity index (χ0) is 16.6. The number of anilines is 1. The second-order valence-electron chi connectivity index (χ2n) is 5.60. The predicted octanol–water partition coefficient (Wildman–Crippen LogP) is 3.92. The van der Waals surface area contributed by atoms with Gasteiger partial charge in [-0.1, -0.05) is 46.3 Å². The van der Waals surface area contributed by atoms with E-state index in [4.69, 9.17) is 0 Å². The molecule has 1 unspecified atom stereocenters. The highest BCUT2D eigenvalue weighted by molar-refractivity contribution is 9.09. The second kappa shape index (κ2) is 5.74. The van der Waals surface area contributed by atoms with Crippen LogP contribution in [-0.4, -0.2) is 9.67 Å². The first-order valence-corrected chi connectivity index (χ1v) is 8.04. The molecule has 23 heavy (non-hydrogen) atoms. The first kappa shape index (κ1) is 15.6. The van der Waals surface area contributed by atoms with E-state index in [0.29, 0.717) is 10.9 Å². The van der Waals surface area contributed by atoms with Gasteiger partial charge in [0.25, 0.3) is 5.56 Å². The van der Waals surface area contributed by atoms with Gasteiger partial charge in [0, 0.05) is 18.1 Å². The van der Waals surface area contributed by atoms with Crippen LogP contribution in [0.5, 0.6) is 5.75 Å². The lowest BCUT2D eigenvalue weighted by Crippen LogP contribution is -2.34. The van der Waals surface area contributed by atoms with Gasteiger partial charge < -0.3 is 15.0 Å². The molecule has 0 bridgehead atoms. The van der Waals surface area contributed by atoms with Crippen molar-refractivity contribution in [3.05, 3.63) is 70.5 Å². The molecule has 2 aromatic carbocycles. The number of aryl methyl sites for hydroxylation is 1. The van der Waals surface area contributed by atoms with E-state index in [1.807, 2.05) is 55.5 Å². The van der Waals surface area contributed by atoms with E-state index in [9.17, 15) is 9.90 Å². The molecule has 5 heteroatoms. The Balaban J connectivity index is 2.21. The van der Waals surface area contributed by atoms with Gasteiger partial charge in [-0.3, -0.25) is 4.79 Å². The normalized spacial score (nSPS) is 13.7. The Kier molecular flexibility index (Phi) is 3.90. The molecule has 0 aliphatic heterocycles. The van der Waals surface area contributed by atoms with E-state index < -0.39 is 4.45 Å². The number of nitrogens with one attached hydrogen (secondary N) is 1. The Labute approximate surface area is 142 Å². The highest BCUT2D eigenvalue weighted by Gasteiger charge is 2.31. The lowest BCUT2D eigenvalue weighted by atomic mass is 10.0. The number of benzene rings is 2. The third-order valence-corrected chi connectivity index (χ3v) is 4.49. The molecule has 0 amide bonds. The third kappa shape index (κ3) is 2.72. The lowest BCUT2D eigenvalue weighted by molar-refractivity contribution is 0.466. The summed E-state index contributed by atoms with van der Waals surface area (Å²) < 4.78 is 0.647. The maximum absolute atomic E-state index is 12.8. The van der Waals surface area contributed by atoms with Crippen molar-refractivity contribution in [1.29, 1.82) is 0 Å². The van der Waals surface area contributed by atoms with Crippen molar-refractivity contribution < 1.29 is 5.11 Å². The second-order valence-corrected chi connectivity index (χ2v) is 7.18. The van der Waals surface area contributed by atoms with E-state index in [1.54, 1.807) is 17.7 Å². The number of fused-ring (bicyclic) bond motifs is 1.